The molecule has 6 N–H and O–H groups in total. The Labute approximate surface area is 206 Å². The number of carbonyl (C=O) groups is 3. The van der Waals surface area contributed by atoms with Gasteiger partial charge >= 0.3 is 6.09 Å². The van der Waals surface area contributed by atoms with Crippen LogP contribution in [0.15, 0.2) is 54.6 Å². The molecule has 0 fully saturated rings. The predicted molar refractivity (Wildman–Crippen MR) is 134 cm³/mol. The highest BCUT2D eigenvalue weighted by molar-refractivity contribution is 7.20. The highest BCUT2D eigenvalue weighted by Crippen LogP contribution is 2.23. The summed E-state index contributed by atoms with van der Waals surface area (Å²) in [5.41, 5.74) is 6.84. The summed E-state index contributed by atoms with van der Waals surface area (Å²) in [5.74, 6) is -1.02. The molecule has 11 heteroatoms. The van der Waals surface area contributed by atoms with E-state index < -0.39 is 24.1 Å². The maximum atomic E-state index is 13.2. The number of ketones is 1. The Kier molecular flexibility index (Phi) is 9.13. The number of nitrogens with zero attached hydrogens (tertiary/aromatic N) is 1. The van der Waals surface area contributed by atoms with Gasteiger partial charge in [-0.25, -0.2) is 9.78 Å². The molecule has 1 aromatic heterocycles. The Balaban J connectivity index is 1.61. The minimum Gasteiger partial charge on any atom is -0.445 e. The van der Waals surface area contributed by atoms with E-state index in [1.807, 2.05) is 54.6 Å². The van der Waals surface area contributed by atoms with Gasteiger partial charge in [-0.1, -0.05) is 42.5 Å². The zero-order chi connectivity index (χ0) is 25.2. The van der Waals surface area contributed by atoms with Crippen LogP contribution in [0.5, 0.6) is 0 Å². The minimum absolute atomic E-state index is 0.0723. The fourth-order valence-corrected chi connectivity index (χ4v) is 4.19. The van der Waals surface area contributed by atoms with Crippen LogP contribution in [0.3, 0.4) is 0 Å². The van der Waals surface area contributed by atoms with Gasteiger partial charge in [0, 0.05) is 6.54 Å². The highest BCUT2D eigenvalue weighted by Gasteiger charge is 2.27. The molecule has 0 aliphatic heterocycles. The van der Waals surface area contributed by atoms with Gasteiger partial charge in [0.1, 0.15) is 12.6 Å². The van der Waals surface area contributed by atoms with E-state index in [1.165, 1.54) is 18.3 Å². The maximum absolute atomic E-state index is 13.2. The van der Waals surface area contributed by atoms with E-state index in [0.29, 0.717) is 29.9 Å². The van der Waals surface area contributed by atoms with E-state index in [1.54, 1.807) is 0 Å². The number of nitrogens with two attached hydrogens (primary N) is 1. The second-order valence-corrected chi connectivity index (χ2v) is 8.85. The summed E-state index contributed by atoms with van der Waals surface area (Å²) in [6, 6.07) is 14.8. The highest BCUT2D eigenvalue weighted by atomic mass is 32.1. The van der Waals surface area contributed by atoms with Gasteiger partial charge < -0.3 is 26.4 Å². The molecule has 184 valence electrons. The number of hydrogen-bond donors (Lipinski definition) is 5. The number of guanidine groups is 1. The molecule has 35 heavy (non-hydrogen) atoms. The predicted octanol–water partition coefficient (Wildman–Crippen LogP) is 2.54. The van der Waals surface area contributed by atoms with E-state index in [2.05, 4.69) is 20.9 Å². The van der Waals surface area contributed by atoms with Crippen LogP contribution < -0.4 is 21.7 Å². The molecule has 0 aliphatic carbocycles. The molecule has 0 aliphatic rings. The lowest BCUT2D eigenvalue weighted by Crippen LogP contribution is -2.50. The topological polar surface area (TPSA) is 159 Å². The molecule has 2 amide bonds. The van der Waals surface area contributed by atoms with E-state index in [9.17, 15) is 14.4 Å². The smallest absolute Gasteiger partial charge is 0.408 e. The van der Waals surface area contributed by atoms with Crippen LogP contribution in [-0.4, -0.2) is 47.4 Å². The molecule has 2 atom stereocenters. The molecule has 10 nitrogen and oxygen atoms in total. The average molecular weight is 497 g/mol. The van der Waals surface area contributed by atoms with Gasteiger partial charge in [0.25, 0.3) is 0 Å². The maximum Gasteiger partial charge on any atom is 0.408 e. The zero-order valence-electron chi connectivity index (χ0n) is 19.2. The number of Topliss-reactive ketones (excluding diaryl/α,β-unsaturated/α-hetero) is 1. The van der Waals surface area contributed by atoms with Gasteiger partial charge in [-0.05, 0) is 37.5 Å². The molecule has 2 aromatic carbocycles. The number of carbonyl (C=O) groups excluding carboxylic acids is 3. The third-order valence-electron chi connectivity index (χ3n) is 5.06. The second kappa shape index (κ2) is 12.5. The number of benzene rings is 2. The number of alkyl carbamates (subject to hydrolysis) is 1. The molecule has 0 radical (unpaired) electrons. The molecule has 0 spiro atoms. The van der Waals surface area contributed by atoms with Gasteiger partial charge in [-0.15, -0.1) is 11.3 Å². The first-order chi connectivity index (χ1) is 16.8. The average Bonchev–Trinajstić information content (AvgIpc) is 3.29. The summed E-state index contributed by atoms with van der Waals surface area (Å²) >= 11 is 1.26. The van der Waals surface area contributed by atoms with Crippen LogP contribution in [-0.2, 0) is 16.1 Å². The number of hydrogen-bond acceptors (Lipinski definition) is 7. The Hall–Kier alpha value is -3.99. The van der Waals surface area contributed by atoms with Crippen LogP contribution in [0, 0.1) is 5.41 Å². The van der Waals surface area contributed by atoms with Crippen molar-refractivity contribution in [2.75, 3.05) is 6.54 Å². The summed E-state index contributed by atoms with van der Waals surface area (Å²) in [7, 11) is 0. The van der Waals surface area contributed by atoms with Crippen molar-refractivity contribution < 1.29 is 19.1 Å². The molecule has 3 aromatic rings. The number of para-hydroxylation sites is 1. The van der Waals surface area contributed by atoms with Crippen LogP contribution >= 0.6 is 11.3 Å². The number of rotatable bonds is 11. The van der Waals surface area contributed by atoms with Crippen LogP contribution in [0.4, 0.5) is 4.79 Å². The van der Waals surface area contributed by atoms with E-state index in [-0.39, 0.29) is 18.3 Å². The summed E-state index contributed by atoms with van der Waals surface area (Å²) in [5, 5.41) is 15.4. The normalized spacial score (nSPS) is 12.4. The molecule has 1 heterocycles. The molecule has 3 rings (SSSR count). The lowest BCUT2D eigenvalue weighted by atomic mass is 10.1. The van der Waals surface area contributed by atoms with Crippen molar-refractivity contribution in [2.45, 2.75) is 38.5 Å². The van der Waals surface area contributed by atoms with Crippen molar-refractivity contribution in [2.24, 2.45) is 5.73 Å². The lowest BCUT2D eigenvalue weighted by Gasteiger charge is -2.20. The SMILES string of the molecule is CC(NC(=O)OCc1ccccc1)C(=O)NC(CCCNC(=N)N)C(=O)c1nc2ccccc2s1. The fourth-order valence-electron chi connectivity index (χ4n) is 3.23. The van der Waals surface area contributed by atoms with Crippen molar-refractivity contribution in [3.63, 3.8) is 0 Å². The third-order valence-corrected chi connectivity index (χ3v) is 6.11. The molecule has 0 saturated heterocycles. The van der Waals surface area contributed by atoms with Gasteiger partial charge in [-0.2, -0.15) is 0 Å². The first-order valence-electron chi connectivity index (χ1n) is 11.1. The minimum atomic E-state index is -0.931. The van der Waals surface area contributed by atoms with Gasteiger partial charge in [0.15, 0.2) is 11.0 Å². The Morgan fingerprint density at radius 3 is 2.51 bits per heavy atom. The molecular weight excluding hydrogens is 468 g/mol. The first-order valence-corrected chi connectivity index (χ1v) is 11.9. The molecule has 2 unspecified atom stereocenters. The van der Waals surface area contributed by atoms with E-state index >= 15 is 0 Å². The second-order valence-electron chi connectivity index (χ2n) is 7.82. The van der Waals surface area contributed by atoms with Crippen LogP contribution in [0.2, 0.25) is 0 Å². The summed E-state index contributed by atoms with van der Waals surface area (Å²) < 4.78 is 6.03. The number of aromatic nitrogens is 1. The zero-order valence-corrected chi connectivity index (χ0v) is 20.1. The first kappa shape index (κ1) is 25.6. The Bertz CT molecular complexity index is 1150. The number of thiazole rings is 1. The molecular formula is C24H28N6O4S. The standard InChI is InChI=1S/C24H28N6O4S/c1-15(28-24(33)34-14-16-8-3-2-4-9-16)21(32)29-18(11-7-13-27-23(25)26)20(31)22-30-17-10-5-6-12-19(17)35-22/h2-6,8-10,12,15,18H,7,11,13-14H2,1H3,(H,28,33)(H,29,32)(H4,25,26,27). The fraction of sp³-hybridized carbons (Fsp3) is 0.292. The summed E-state index contributed by atoms with van der Waals surface area (Å²) in [6.45, 7) is 1.95. The number of nitrogens with one attached hydrogen (secondary N) is 4. The Morgan fingerprint density at radius 1 is 1.09 bits per heavy atom. The Morgan fingerprint density at radius 2 is 1.80 bits per heavy atom. The van der Waals surface area contributed by atoms with Crippen molar-refractivity contribution in [1.29, 1.82) is 5.41 Å². The van der Waals surface area contributed by atoms with Crippen molar-refractivity contribution >= 4 is 45.3 Å². The van der Waals surface area contributed by atoms with Crippen LogP contribution in [0.25, 0.3) is 10.2 Å². The van der Waals surface area contributed by atoms with Crippen molar-refractivity contribution in [1.82, 2.24) is 20.9 Å². The summed E-state index contributed by atoms with van der Waals surface area (Å²) in [6.07, 6.45) is 0.0322. The number of amides is 2. The monoisotopic (exact) mass is 496 g/mol. The number of fused-ring (bicyclic) bond motifs is 1. The van der Waals surface area contributed by atoms with Gasteiger partial charge in [0.2, 0.25) is 11.7 Å². The molecule has 0 bridgehead atoms. The number of ether oxygens (including phenoxy) is 1. The van der Waals surface area contributed by atoms with Crippen LogP contribution in [0.1, 0.15) is 35.1 Å². The van der Waals surface area contributed by atoms with E-state index in [4.69, 9.17) is 15.9 Å². The summed E-state index contributed by atoms with van der Waals surface area (Å²) in [4.78, 5) is 42.5. The largest absolute Gasteiger partial charge is 0.445 e. The van der Waals surface area contributed by atoms with Crippen molar-refractivity contribution in [3.8, 4) is 0 Å². The molecule has 0 saturated carbocycles. The third kappa shape index (κ3) is 7.78. The van der Waals surface area contributed by atoms with Crippen molar-refractivity contribution in [3.05, 3.63) is 65.2 Å². The van der Waals surface area contributed by atoms with Gasteiger partial charge in [0.05, 0.1) is 16.3 Å². The quantitative estimate of drug-likeness (QED) is 0.118. The van der Waals surface area contributed by atoms with Gasteiger partial charge in [-0.3, -0.25) is 15.0 Å². The van der Waals surface area contributed by atoms with E-state index in [0.717, 1.165) is 10.3 Å². The lowest BCUT2D eigenvalue weighted by molar-refractivity contribution is -0.123.